The topological polar surface area (TPSA) is 68.0 Å². The number of alkyl halides is 3. The van der Waals surface area contributed by atoms with Crippen LogP contribution >= 0.6 is 15.9 Å². The number of hydrogen-bond donors (Lipinski definition) is 1. The fourth-order valence-corrected chi connectivity index (χ4v) is 2.01. The summed E-state index contributed by atoms with van der Waals surface area (Å²) in [5.41, 5.74) is -0.558. The number of pyridine rings is 1. The van der Waals surface area contributed by atoms with Crippen molar-refractivity contribution < 1.29 is 23.1 Å². The van der Waals surface area contributed by atoms with E-state index >= 15 is 0 Å². The smallest absolute Gasteiger partial charge is 0.433 e. The number of rotatable bonds is 2. The Morgan fingerprint density at radius 3 is 2.38 bits per heavy atom. The minimum Gasteiger partial charge on any atom is -0.478 e. The fourth-order valence-electron chi connectivity index (χ4n) is 1.76. The van der Waals surface area contributed by atoms with E-state index in [9.17, 15) is 18.0 Å². The second kappa shape index (κ2) is 5.14. The van der Waals surface area contributed by atoms with Gasteiger partial charge in [0.25, 0.3) is 0 Å². The maximum absolute atomic E-state index is 12.8. The van der Waals surface area contributed by atoms with Crippen LogP contribution in [-0.2, 0) is 6.18 Å². The van der Waals surface area contributed by atoms with E-state index < -0.39 is 17.8 Å². The number of hydrogen-bond acceptors (Lipinski definition) is 3. The number of carboxylic acids is 1. The molecule has 2 aromatic rings. The van der Waals surface area contributed by atoms with Crippen LogP contribution in [0.3, 0.4) is 0 Å². The summed E-state index contributed by atoms with van der Waals surface area (Å²) in [6.45, 7) is 3.24. The highest BCUT2D eigenvalue weighted by atomic mass is 79.9. The lowest BCUT2D eigenvalue weighted by atomic mass is 10.2. The van der Waals surface area contributed by atoms with Crippen LogP contribution in [0.1, 0.15) is 27.4 Å². The standard InChI is InChI=1S/C12H9BrF3N3O2/c1-5-9(13)6(2)19(18-5)10-7(11(20)21)3-4-8(17-10)12(14,15)16/h3-4H,1-2H3,(H,20,21). The molecule has 0 atom stereocenters. The van der Waals surface area contributed by atoms with E-state index in [1.165, 1.54) is 0 Å². The molecule has 1 N–H and O–H groups in total. The molecule has 0 unspecified atom stereocenters. The number of aromatic nitrogens is 3. The van der Waals surface area contributed by atoms with Gasteiger partial charge in [-0.1, -0.05) is 0 Å². The number of aromatic carboxylic acids is 1. The Bertz CT molecular complexity index is 725. The second-order valence-electron chi connectivity index (χ2n) is 4.27. The summed E-state index contributed by atoms with van der Waals surface area (Å²) in [5.74, 6) is -1.75. The van der Waals surface area contributed by atoms with Crippen molar-refractivity contribution in [2.24, 2.45) is 0 Å². The molecular formula is C12H9BrF3N3O2. The zero-order valence-electron chi connectivity index (χ0n) is 10.9. The molecule has 2 aromatic heterocycles. The Labute approximate surface area is 125 Å². The zero-order chi connectivity index (χ0) is 15.9. The van der Waals surface area contributed by atoms with Crippen LogP contribution in [0.5, 0.6) is 0 Å². The van der Waals surface area contributed by atoms with Crippen molar-refractivity contribution in [3.63, 3.8) is 0 Å². The average molecular weight is 364 g/mol. The summed E-state index contributed by atoms with van der Waals surface area (Å²) < 4.78 is 39.9. The summed E-state index contributed by atoms with van der Waals surface area (Å²) in [5, 5.41) is 13.1. The molecule has 0 amide bonds. The molecule has 0 aliphatic rings. The van der Waals surface area contributed by atoms with Gasteiger partial charge in [0.1, 0.15) is 11.3 Å². The van der Waals surface area contributed by atoms with Gasteiger partial charge in [0, 0.05) is 0 Å². The highest BCUT2D eigenvalue weighted by Crippen LogP contribution is 2.30. The molecule has 0 saturated carbocycles. The quantitative estimate of drug-likeness (QED) is 0.888. The summed E-state index contributed by atoms with van der Waals surface area (Å²) in [7, 11) is 0. The third-order valence-electron chi connectivity index (χ3n) is 2.80. The molecule has 21 heavy (non-hydrogen) atoms. The third-order valence-corrected chi connectivity index (χ3v) is 3.95. The Morgan fingerprint density at radius 1 is 1.33 bits per heavy atom. The van der Waals surface area contributed by atoms with Crippen LogP contribution in [0, 0.1) is 13.8 Å². The van der Waals surface area contributed by atoms with Gasteiger partial charge in [-0.3, -0.25) is 0 Å². The predicted octanol–water partition coefficient (Wildman–Crippen LogP) is 3.36. The van der Waals surface area contributed by atoms with Crippen molar-refractivity contribution >= 4 is 21.9 Å². The van der Waals surface area contributed by atoms with Gasteiger partial charge in [0.05, 0.1) is 15.9 Å². The molecular weight excluding hydrogens is 355 g/mol. The molecule has 0 radical (unpaired) electrons. The highest BCUT2D eigenvalue weighted by molar-refractivity contribution is 9.10. The molecule has 0 aliphatic carbocycles. The molecule has 0 aromatic carbocycles. The fraction of sp³-hybridized carbons (Fsp3) is 0.250. The van der Waals surface area contributed by atoms with Crippen molar-refractivity contribution in [2.75, 3.05) is 0 Å². The molecule has 9 heteroatoms. The first-order valence-electron chi connectivity index (χ1n) is 5.66. The van der Waals surface area contributed by atoms with Gasteiger partial charge in [0.2, 0.25) is 0 Å². The van der Waals surface area contributed by atoms with Crippen molar-refractivity contribution in [3.05, 3.63) is 39.3 Å². The van der Waals surface area contributed by atoms with Crippen LogP contribution in [0.15, 0.2) is 16.6 Å². The van der Waals surface area contributed by atoms with Crippen molar-refractivity contribution in [1.29, 1.82) is 0 Å². The minimum atomic E-state index is -4.67. The first kappa shape index (κ1) is 15.5. The number of aryl methyl sites for hydroxylation is 1. The van der Waals surface area contributed by atoms with Gasteiger partial charge in [0.15, 0.2) is 5.82 Å². The number of carbonyl (C=O) groups is 1. The Hall–Kier alpha value is -1.90. The molecule has 5 nitrogen and oxygen atoms in total. The molecule has 0 bridgehead atoms. The largest absolute Gasteiger partial charge is 0.478 e. The third kappa shape index (κ3) is 2.78. The summed E-state index contributed by atoms with van der Waals surface area (Å²) in [6.07, 6.45) is -4.67. The van der Waals surface area contributed by atoms with Gasteiger partial charge >= 0.3 is 12.1 Å². The van der Waals surface area contributed by atoms with E-state index in [0.29, 0.717) is 21.9 Å². The van der Waals surface area contributed by atoms with Crippen LogP contribution in [0.2, 0.25) is 0 Å². The van der Waals surface area contributed by atoms with E-state index in [-0.39, 0.29) is 11.4 Å². The van der Waals surface area contributed by atoms with E-state index in [0.717, 1.165) is 10.7 Å². The lowest BCUT2D eigenvalue weighted by Crippen LogP contribution is -2.15. The number of carboxylic acid groups (broad SMARTS) is 1. The molecule has 0 spiro atoms. The van der Waals surface area contributed by atoms with Gasteiger partial charge in [-0.2, -0.15) is 18.3 Å². The molecule has 2 heterocycles. The van der Waals surface area contributed by atoms with E-state index in [1.54, 1.807) is 13.8 Å². The van der Waals surface area contributed by atoms with Gasteiger partial charge in [-0.25, -0.2) is 14.5 Å². The van der Waals surface area contributed by atoms with Gasteiger partial charge in [-0.05, 0) is 41.9 Å². The first-order chi connectivity index (χ1) is 9.62. The normalized spacial score (nSPS) is 11.7. The molecule has 0 fully saturated rings. The van der Waals surface area contributed by atoms with Gasteiger partial charge in [-0.15, -0.1) is 0 Å². The van der Waals surface area contributed by atoms with E-state index in [2.05, 4.69) is 26.0 Å². The van der Waals surface area contributed by atoms with Crippen LogP contribution in [0.4, 0.5) is 13.2 Å². The highest BCUT2D eigenvalue weighted by Gasteiger charge is 2.34. The zero-order valence-corrected chi connectivity index (χ0v) is 12.4. The summed E-state index contributed by atoms with van der Waals surface area (Å²) in [6, 6.07) is 1.51. The van der Waals surface area contributed by atoms with Gasteiger partial charge < -0.3 is 5.11 Å². The molecule has 0 saturated heterocycles. The molecule has 112 valence electrons. The maximum atomic E-state index is 12.8. The van der Waals surface area contributed by atoms with E-state index in [1.807, 2.05) is 0 Å². The molecule has 0 aliphatic heterocycles. The number of nitrogens with zero attached hydrogens (tertiary/aromatic N) is 3. The predicted molar refractivity (Wildman–Crippen MR) is 70.5 cm³/mol. The SMILES string of the molecule is Cc1nn(-c2nc(C(F)(F)F)ccc2C(=O)O)c(C)c1Br. The minimum absolute atomic E-state index is 0.360. The van der Waals surface area contributed by atoms with Crippen LogP contribution < -0.4 is 0 Å². The summed E-state index contributed by atoms with van der Waals surface area (Å²) >= 11 is 3.24. The molecule has 2 rings (SSSR count). The lowest BCUT2D eigenvalue weighted by molar-refractivity contribution is -0.141. The van der Waals surface area contributed by atoms with E-state index in [4.69, 9.17) is 5.11 Å². The van der Waals surface area contributed by atoms with Crippen molar-refractivity contribution in [3.8, 4) is 5.82 Å². The second-order valence-corrected chi connectivity index (χ2v) is 5.06. The van der Waals surface area contributed by atoms with Crippen molar-refractivity contribution in [1.82, 2.24) is 14.8 Å². The Morgan fingerprint density at radius 2 is 1.95 bits per heavy atom. The average Bonchev–Trinajstić information content (AvgIpc) is 2.64. The monoisotopic (exact) mass is 363 g/mol. The Balaban J connectivity index is 2.75. The van der Waals surface area contributed by atoms with Crippen molar-refractivity contribution in [2.45, 2.75) is 20.0 Å². The lowest BCUT2D eigenvalue weighted by Gasteiger charge is -2.11. The Kier molecular flexibility index (Phi) is 3.79. The first-order valence-corrected chi connectivity index (χ1v) is 6.46. The maximum Gasteiger partial charge on any atom is 0.433 e. The number of halogens is 4. The van der Waals surface area contributed by atoms with Crippen LogP contribution in [-0.4, -0.2) is 25.8 Å². The summed E-state index contributed by atoms with van der Waals surface area (Å²) in [4.78, 5) is 14.6. The van der Waals surface area contributed by atoms with Crippen LogP contribution in [0.25, 0.3) is 5.82 Å².